The Balaban J connectivity index is 1.37. The van der Waals surface area contributed by atoms with Crippen LogP contribution in [0.1, 0.15) is 15.9 Å². The van der Waals surface area contributed by atoms with Crippen molar-refractivity contribution >= 4 is 28.5 Å². The second kappa shape index (κ2) is 8.92. The molecule has 0 aliphatic rings. The van der Waals surface area contributed by atoms with Gasteiger partial charge in [0.25, 0.3) is 5.56 Å². The molecule has 34 heavy (non-hydrogen) atoms. The number of rotatable bonds is 6. The van der Waals surface area contributed by atoms with Crippen molar-refractivity contribution in [3.63, 3.8) is 0 Å². The summed E-state index contributed by atoms with van der Waals surface area (Å²) in [6.45, 7) is 0.280. The zero-order valence-corrected chi connectivity index (χ0v) is 18.5. The molecule has 1 N–H and O–H groups in total. The average molecular weight is 472 g/mol. The van der Waals surface area contributed by atoms with E-state index < -0.39 is 5.97 Å². The fraction of sp³-hybridized carbons (Fsp3) is 0.0370. The van der Waals surface area contributed by atoms with Crippen molar-refractivity contribution in [3.8, 4) is 22.6 Å². The van der Waals surface area contributed by atoms with Gasteiger partial charge in [0, 0.05) is 6.07 Å². The van der Waals surface area contributed by atoms with Crippen LogP contribution in [0.25, 0.3) is 27.8 Å². The highest BCUT2D eigenvalue weighted by Gasteiger charge is 2.13. The molecule has 0 saturated carbocycles. The van der Waals surface area contributed by atoms with Crippen LogP contribution >= 0.6 is 11.6 Å². The van der Waals surface area contributed by atoms with Crippen LogP contribution in [0.4, 0.5) is 0 Å². The highest BCUT2D eigenvalue weighted by Crippen LogP contribution is 2.27. The molecule has 6 nitrogen and oxygen atoms in total. The van der Waals surface area contributed by atoms with Crippen molar-refractivity contribution in [1.82, 2.24) is 4.74 Å². The van der Waals surface area contributed by atoms with Crippen LogP contribution in [0.5, 0.6) is 5.75 Å². The predicted octanol–water partition coefficient (Wildman–Crippen LogP) is 6.18. The van der Waals surface area contributed by atoms with Crippen molar-refractivity contribution < 1.29 is 19.2 Å². The fourth-order valence-electron chi connectivity index (χ4n) is 3.70. The molecule has 1 aromatic heterocycles. The Bertz CT molecular complexity index is 1570. The molecule has 1 heterocycles. The van der Waals surface area contributed by atoms with Gasteiger partial charge in [0.2, 0.25) is 0 Å². The summed E-state index contributed by atoms with van der Waals surface area (Å²) in [7, 11) is 0. The zero-order valence-electron chi connectivity index (χ0n) is 17.8. The molecule has 0 fully saturated rings. The van der Waals surface area contributed by atoms with Gasteiger partial charge in [-0.3, -0.25) is 4.79 Å². The van der Waals surface area contributed by atoms with Crippen molar-refractivity contribution in [3.05, 3.63) is 117 Å². The molecule has 0 atom stereocenters. The van der Waals surface area contributed by atoms with Crippen LogP contribution in [0.15, 0.2) is 100 Å². The number of ether oxygens (including phenoxy) is 1. The van der Waals surface area contributed by atoms with Gasteiger partial charge in [0.1, 0.15) is 12.4 Å². The van der Waals surface area contributed by atoms with Gasteiger partial charge >= 0.3 is 5.97 Å². The molecule has 0 aliphatic carbocycles. The molecule has 0 bridgehead atoms. The quantitative estimate of drug-likeness (QED) is 0.319. The van der Waals surface area contributed by atoms with Crippen molar-refractivity contribution in [1.29, 1.82) is 0 Å². The highest BCUT2D eigenvalue weighted by atomic mass is 35.5. The van der Waals surface area contributed by atoms with Gasteiger partial charge in [-0.15, -0.1) is 4.74 Å². The minimum absolute atomic E-state index is 0.0538. The third-order valence-electron chi connectivity index (χ3n) is 5.41. The van der Waals surface area contributed by atoms with E-state index >= 15 is 0 Å². The summed E-state index contributed by atoms with van der Waals surface area (Å²) in [4.78, 5) is 24.1. The minimum Gasteiger partial charge on any atom is -0.489 e. The normalized spacial score (nSPS) is 11.0. The Labute approximate surface area is 199 Å². The van der Waals surface area contributed by atoms with Gasteiger partial charge < -0.3 is 14.4 Å². The van der Waals surface area contributed by atoms with E-state index in [1.54, 1.807) is 48.5 Å². The summed E-state index contributed by atoms with van der Waals surface area (Å²) in [6.07, 6.45) is 0. The number of hydrogen-bond acceptors (Lipinski definition) is 4. The number of carboxylic acid groups (broad SMARTS) is 1. The number of nitrogens with zero attached hydrogens (tertiary/aromatic N) is 1. The molecular weight excluding hydrogens is 454 g/mol. The number of fused-ring (bicyclic) bond motifs is 1. The van der Waals surface area contributed by atoms with Crippen LogP contribution in [0.3, 0.4) is 0 Å². The Morgan fingerprint density at radius 1 is 0.912 bits per heavy atom. The van der Waals surface area contributed by atoms with E-state index in [-0.39, 0.29) is 22.8 Å². The first-order valence-electron chi connectivity index (χ1n) is 10.5. The topological polar surface area (TPSA) is 81.7 Å². The second-order valence-electron chi connectivity index (χ2n) is 7.67. The molecule has 4 aromatic carbocycles. The van der Waals surface area contributed by atoms with Crippen molar-refractivity contribution in [2.75, 3.05) is 0 Å². The van der Waals surface area contributed by atoms with Crippen LogP contribution in [-0.2, 0) is 6.61 Å². The van der Waals surface area contributed by atoms with Crippen molar-refractivity contribution in [2.45, 2.75) is 6.61 Å². The highest BCUT2D eigenvalue weighted by molar-refractivity contribution is 6.33. The molecule has 0 spiro atoms. The van der Waals surface area contributed by atoms with Gasteiger partial charge in [0.05, 0.1) is 21.7 Å². The number of hydrogen-bond donors (Lipinski definition) is 1. The van der Waals surface area contributed by atoms with Crippen LogP contribution in [-0.4, -0.2) is 15.8 Å². The lowest BCUT2D eigenvalue weighted by Gasteiger charge is -2.09. The van der Waals surface area contributed by atoms with E-state index in [1.807, 2.05) is 42.5 Å². The maximum Gasteiger partial charge on any atom is 0.337 e. The molecule has 0 saturated heterocycles. The summed E-state index contributed by atoms with van der Waals surface area (Å²) < 4.78 is 13.0. The van der Waals surface area contributed by atoms with E-state index in [4.69, 9.17) is 20.9 Å². The summed E-state index contributed by atoms with van der Waals surface area (Å²) in [5, 5.41) is 9.99. The molecule has 168 valence electrons. The zero-order chi connectivity index (χ0) is 23.7. The first kappa shape index (κ1) is 21.6. The van der Waals surface area contributed by atoms with Crippen molar-refractivity contribution in [2.24, 2.45) is 0 Å². The molecule has 0 amide bonds. The maximum atomic E-state index is 12.7. The first-order chi connectivity index (χ1) is 16.5. The van der Waals surface area contributed by atoms with E-state index in [9.17, 15) is 14.7 Å². The Morgan fingerprint density at radius 2 is 1.71 bits per heavy atom. The molecule has 5 aromatic rings. The second-order valence-corrected chi connectivity index (χ2v) is 8.08. The monoisotopic (exact) mass is 471 g/mol. The third-order valence-corrected chi connectivity index (χ3v) is 5.74. The largest absolute Gasteiger partial charge is 0.489 e. The van der Waals surface area contributed by atoms with Gasteiger partial charge in [0.15, 0.2) is 5.58 Å². The lowest BCUT2D eigenvalue weighted by molar-refractivity contribution is 0.0697. The molecule has 0 unspecified atom stereocenters. The predicted molar refractivity (Wildman–Crippen MR) is 130 cm³/mol. The molecule has 5 rings (SSSR count). The number of aromatic carboxylic acids is 1. The lowest BCUT2D eigenvalue weighted by Crippen LogP contribution is -2.11. The fourth-order valence-corrected chi connectivity index (χ4v) is 3.90. The first-order valence-corrected chi connectivity index (χ1v) is 10.8. The van der Waals surface area contributed by atoms with E-state index in [2.05, 4.69) is 0 Å². The SMILES string of the molecule is O=C(O)c1cc(-c2cccc(COc3ccc4c(=O)n(-c5ccccc5)oc4c3)c2)ccc1Cl. The van der Waals surface area contributed by atoms with E-state index in [0.29, 0.717) is 22.4 Å². The van der Waals surface area contributed by atoms with Crippen LogP contribution in [0, 0.1) is 0 Å². The summed E-state index contributed by atoms with van der Waals surface area (Å²) in [5.41, 5.74) is 3.39. The standard InChI is InChI=1S/C27H18ClNO5/c28-24-12-9-19(14-23(24)27(31)32)18-6-4-5-17(13-18)16-33-21-10-11-22-25(15-21)34-29(26(22)30)20-7-2-1-3-8-20/h1-15H,16H2,(H,31,32). The Hall–Kier alpha value is -4.29. The number of halogens is 1. The number of carbonyl (C=O) groups is 1. The van der Waals surface area contributed by atoms with E-state index in [0.717, 1.165) is 16.7 Å². The smallest absolute Gasteiger partial charge is 0.337 e. The Kier molecular flexibility index (Phi) is 5.65. The summed E-state index contributed by atoms with van der Waals surface area (Å²) in [6, 6.07) is 26.8. The maximum absolute atomic E-state index is 12.7. The molecular formula is C27H18ClNO5. The molecule has 0 aliphatic heterocycles. The van der Waals surface area contributed by atoms with Gasteiger partial charge in [-0.25, -0.2) is 4.79 Å². The van der Waals surface area contributed by atoms with Crippen LogP contribution in [0.2, 0.25) is 5.02 Å². The van der Waals surface area contributed by atoms with Gasteiger partial charge in [-0.1, -0.05) is 54.1 Å². The van der Waals surface area contributed by atoms with Gasteiger partial charge in [-0.05, 0) is 59.2 Å². The van der Waals surface area contributed by atoms with Gasteiger partial charge in [-0.2, -0.15) is 0 Å². The molecule has 0 radical (unpaired) electrons. The molecule has 7 heteroatoms. The summed E-state index contributed by atoms with van der Waals surface area (Å²) in [5.74, 6) is -0.513. The Morgan fingerprint density at radius 3 is 2.50 bits per heavy atom. The summed E-state index contributed by atoms with van der Waals surface area (Å²) >= 11 is 5.99. The number of para-hydroxylation sites is 1. The van der Waals surface area contributed by atoms with E-state index in [1.165, 1.54) is 4.74 Å². The minimum atomic E-state index is -1.07. The van der Waals surface area contributed by atoms with Crippen LogP contribution < -0.4 is 10.3 Å². The average Bonchev–Trinajstić information content (AvgIpc) is 3.19. The third kappa shape index (κ3) is 4.19. The lowest BCUT2D eigenvalue weighted by atomic mass is 10.0. The number of aromatic nitrogens is 1. The number of benzene rings is 4. The number of carboxylic acids is 1.